The number of fused-ring (bicyclic) bond motifs is 3. The molecule has 1 N–H and O–H groups in total. The standard InChI is InChI=1S/C29H38N2O9S/c1-16(2)39-27(33)21-13-19-17(3)41(35,36)24-15-23(38-12-8-11-37-7)22(30-28(34)40-29(4,5)6)14-20(24)25(19)31(26(21)32)18-9-10-18/h13-18H,8-12H2,1-7H3,(H,30,34). The second-order valence-corrected chi connectivity index (χ2v) is 13.8. The van der Waals surface area contributed by atoms with Crippen LogP contribution in [0.4, 0.5) is 10.5 Å². The molecular weight excluding hydrogens is 552 g/mol. The van der Waals surface area contributed by atoms with Gasteiger partial charge in [-0.1, -0.05) is 0 Å². The van der Waals surface area contributed by atoms with Crippen LogP contribution in [-0.4, -0.2) is 57.1 Å². The molecule has 1 aromatic heterocycles. The second-order valence-electron chi connectivity index (χ2n) is 11.6. The van der Waals surface area contributed by atoms with Crippen molar-refractivity contribution in [1.82, 2.24) is 4.57 Å². The number of nitrogens with zero attached hydrogens (tertiary/aromatic N) is 1. The van der Waals surface area contributed by atoms with Gasteiger partial charge in [0.2, 0.25) is 0 Å². The number of amides is 1. The number of nitrogens with one attached hydrogen (secondary N) is 1. The molecule has 1 unspecified atom stereocenters. The van der Waals surface area contributed by atoms with Crippen LogP contribution in [0.1, 0.15) is 88.0 Å². The van der Waals surface area contributed by atoms with E-state index in [0.717, 1.165) is 0 Å². The number of benzene rings is 1. The van der Waals surface area contributed by atoms with Gasteiger partial charge in [-0.15, -0.1) is 0 Å². The van der Waals surface area contributed by atoms with Crippen LogP contribution < -0.4 is 15.6 Å². The van der Waals surface area contributed by atoms with E-state index in [1.165, 1.54) is 29.7 Å². The van der Waals surface area contributed by atoms with Gasteiger partial charge in [0.1, 0.15) is 16.9 Å². The number of pyridine rings is 1. The summed E-state index contributed by atoms with van der Waals surface area (Å²) in [7, 11) is -2.42. The molecule has 2 aliphatic rings. The van der Waals surface area contributed by atoms with Crippen molar-refractivity contribution in [3.05, 3.63) is 39.7 Å². The second kappa shape index (κ2) is 11.5. The Kier molecular flexibility index (Phi) is 8.56. The highest BCUT2D eigenvalue weighted by atomic mass is 32.2. The first-order chi connectivity index (χ1) is 19.2. The van der Waals surface area contributed by atoms with E-state index in [2.05, 4.69) is 5.32 Å². The molecule has 224 valence electrons. The van der Waals surface area contributed by atoms with Gasteiger partial charge in [-0.3, -0.25) is 10.1 Å². The van der Waals surface area contributed by atoms with Crippen molar-refractivity contribution in [2.24, 2.45) is 0 Å². The minimum Gasteiger partial charge on any atom is -0.491 e. The highest BCUT2D eigenvalue weighted by Crippen LogP contribution is 2.50. The van der Waals surface area contributed by atoms with Gasteiger partial charge in [-0.05, 0) is 72.1 Å². The summed E-state index contributed by atoms with van der Waals surface area (Å²) in [5.74, 6) is -0.660. The average molecular weight is 591 g/mol. The lowest BCUT2D eigenvalue weighted by atomic mass is 9.99. The van der Waals surface area contributed by atoms with Crippen molar-refractivity contribution in [2.45, 2.75) is 88.7 Å². The molecule has 0 bridgehead atoms. The average Bonchev–Trinajstić information content (AvgIpc) is 3.69. The van der Waals surface area contributed by atoms with Crippen molar-refractivity contribution < 1.29 is 37.0 Å². The molecule has 0 saturated heterocycles. The summed E-state index contributed by atoms with van der Waals surface area (Å²) in [5, 5.41) is 1.62. The Balaban J connectivity index is 1.94. The number of rotatable bonds is 9. The fourth-order valence-electron chi connectivity index (χ4n) is 4.71. The molecule has 1 atom stereocenters. The van der Waals surface area contributed by atoms with Crippen molar-refractivity contribution >= 4 is 27.6 Å². The largest absolute Gasteiger partial charge is 0.491 e. The van der Waals surface area contributed by atoms with Gasteiger partial charge in [-0.2, -0.15) is 0 Å². The SMILES string of the molecule is COCCCOc1cc2c(cc1NC(=O)OC(C)(C)C)-c1c(cc(C(=O)OC(C)C)c(=O)n1C1CC1)C(C)S2(=O)=O. The first kappa shape index (κ1) is 30.6. The summed E-state index contributed by atoms with van der Waals surface area (Å²) in [4.78, 5) is 39.3. The Morgan fingerprint density at radius 2 is 1.80 bits per heavy atom. The van der Waals surface area contributed by atoms with Gasteiger partial charge in [-0.25, -0.2) is 18.0 Å². The molecular formula is C29H38N2O9S. The molecule has 1 aromatic carbocycles. The quantitative estimate of drug-likeness (QED) is 0.315. The summed E-state index contributed by atoms with van der Waals surface area (Å²) in [6, 6.07) is 4.02. The van der Waals surface area contributed by atoms with E-state index in [4.69, 9.17) is 18.9 Å². The first-order valence-electron chi connectivity index (χ1n) is 13.7. The fourth-order valence-corrected chi connectivity index (χ4v) is 6.34. The van der Waals surface area contributed by atoms with E-state index in [0.29, 0.717) is 37.1 Å². The van der Waals surface area contributed by atoms with Crippen molar-refractivity contribution in [1.29, 1.82) is 0 Å². The maximum absolute atomic E-state index is 13.9. The van der Waals surface area contributed by atoms with Crippen molar-refractivity contribution in [3.8, 4) is 17.0 Å². The summed E-state index contributed by atoms with van der Waals surface area (Å²) in [6.45, 7) is 10.7. The molecule has 4 rings (SSSR count). The monoisotopic (exact) mass is 590 g/mol. The molecule has 0 radical (unpaired) electrons. The Labute approximate surface area is 240 Å². The minimum absolute atomic E-state index is 0.0275. The smallest absolute Gasteiger partial charge is 0.412 e. The maximum Gasteiger partial charge on any atom is 0.412 e. The first-order valence-corrected chi connectivity index (χ1v) is 15.2. The molecule has 41 heavy (non-hydrogen) atoms. The zero-order chi connectivity index (χ0) is 30.3. The Bertz CT molecular complexity index is 1520. The topological polar surface area (TPSA) is 139 Å². The Morgan fingerprint density at radius 3 is 2.39 bits per heavy atom. The van der Waals surface area contributed by atoms with Gasteiger partial charge in [0.05, 0.1) is 34.2 Å². The highest BCUT2D eigenvalue weighted by Gasteiger charge is 2.42. The molecule has 1 fully saturated rings. The number of methoxy groups -OCH3 is 1. The lowest BCUT2D eigenvalue weighted by Gasteiger charge is -2.30. The molecule has 12 heteroatoms. The van der Waals surface area contributed by atoms with E-state index in [1.54, 1.807) is 41.7 Å². The van der Waals surface area contributed by atoms with Crippen molar-refractivity contribution in [3.63, 3.8) is 0 Å². The van der Waals surface area contributed by atoms with Gasteiger partial charge < -0.3 is 23.5 Å². The van der Waals surface area contributed by atoms with Crippen LogP contribution in [0.25, 0.3) is 11.3 Å². The van der Waals surface area contributed by atoms with Crippen LogP contribution in [0.2, 0.25) is 0 Å². The number of hydrogen-bond donors (Lipinski definition) is 1. The number of carbonyl (C=O) groups excluding carboxylic acids is 2. The van der Waals surface area contributed by atoms with Crippen LogP contribution in [-0.2, 0) is 24.0 Å². The van der Waals surface area contributed by atoms with Gasteiger partial charge in [0.15, 0.2) is 9.84 Å². The lowest BCUT2D eigenvalue weighted by Crippen LogP contribution is -2.33. The molecule has 11 nitrogen and oxygen atoms in total. The number of carbonyl (C=O) groups is 2. The number of aromatic nitrogens is 1. The number of anilines is 1. The number of hydrogen-bond acceptors (Lipinski definition) is 9. The van der Waals surface area contributed by atoms with Crippen molar-refractivity contribution in [2.75, 3.05) is 25.6 Å². The van der Waals surface area contributed by atoms with E-state index >= 15 is 0 Å². The van der Waals surface area contributed by atoms with Crippen LogP contribution in [0.3, 0.4) is 0 Å². The molecule has 1 amide bonds. The third kappa shape index (κ3) is 6.43. The molecule has 0 spiro atoms. The molecule has 1 saturated carbocycles. The van der Waals surface area contributed by atoms with Gasteiger partial charge >= 0.3 is 12.1 Å². The minimum atomic E-state index is -3.98. The fraction of sp³-hybridized carbons (Fsp3) is 0.552. The zero-order valence-corrected chi connectivity index (χ0v) is 25.3. The number of ether oxygens (including phenoxy) is 4. The molecule has 2 heterocycles. The lowest BCUT2D eigenvalue weighted by molar-refractivity contribution is 0.0374. The summed E-state index contributed by atoms with van der Waals surface area (Å²) < 4.78 is 51.0. The maximum atomic E-state index is 13.9. The van der Waals surface area contributed by atoms with Crippen LogP contribution in [0, 0.1) is 0 Å². The van der Waals surface area contributed by atoms with E-state index in [1.807, 2.05) is 0 Å². The third-order valence-electron chi connectivity index (χ3n) is 6.67. The van der Waals surface area contributed by atoms with Crippen LogP contribution >= 0.6 is 0 Å². The van der Waals surface area contributed by atoms with Gasteiger partial charge in [0.25, 0.3) is 5.56 Å². The van der Waals surface area contributed by atoms with E-state index < -0.39 is 44.4 Å². The predicted molar refractivity (Wildman–Crippen MR) is 152 cm³/mol. The predicted octanol–water partition coefficient (Wildman–Crippen LogP) is 5.03. The highest BCUT2D eigenvalue weighted by molar-refractivity contribution is 7.92. The normalized spacial score (nSPS) is 17.4. The van der Waals surface area contributed by atoms with E-state index in [-0.39, 0.29) is 40.1 Å². The number of sulfone groups is 1. The third-order valence-corrected chi connectivity index (χ3v) is 8.81. The molecule has 2 aromatic rings. The molecule has 1 aliphatic carbocycles. The van der Waals surface area contributed by atoms with Crippen LogP contribution in [0.5, 0.6) is 5.75 Å². The Hall–Kier alpha value is -3.38. The van der Waals surface area contributed by atoms with Crippen LogP contribution in [0.15, 0.2) is 27.9 Å². The molecule has 1 aliphatic heterocycles. The summed E-state index contributed by atoms with van der Waals surface area (Å²) >= 11 is 0. The number of esters is 1. The Morgan fingerprint density at radius 1 is 1.12 bits per heavy atom. The van der Waals surface area contributed by atoms with Gasteiger partial charge in [0, 0.05) is 37.8 Å². The summed E-state index contributed by atoms with van der Waals surface area (Å²) in [6.07, 6.45) is 0.725. The zero-order valence-electron chi connectivity index (χ0n) is 24.5. The summed E-state index contributed by atoms with van der Waals surface area (Å²) in [5.41, 5.74) is -0.400. The van der Waals surface area contributed by atoms with E-state index in [9.17, 15) is 22.8 Å².